The van der Waals surface area contributed by atoms with E-state index in [0.29, 0.717) is 6.10 Å². The van der Waals surface area contributed by atoms with Crippen LogP contribution in [0.3, 0.4) is 0 Å². The van der Waals surface area contributed by atoms with Crippen molar-refractivity contribution in [3.63, 3.8) is 0 Å². The third-order valence-electron chi connectivity index (χ3n) is 4.06. The molecule has 2 heteroatoms. The van der Waals surface area contributed by atoms with Crippen molar-refractivity contribution in [1.29, 1.82) is 0 Å². The minimum atomic E-state index is 0.536. The molecule has 0 aliphatic heterocycles. The summed E-state index contributed by atoms with van der Waals surface area (Å²) >= 11 is 0. The number of hydrogen-bond donors (Lipinski definition) is 1. The Kier molecular flexibility index (Phi) is 3.45. The first-order valence-electron chi connectivity index (χ1n) is 6.12. The molecule has 2 atom stereocenters. The Labute approximate surface area is 87.4 Å². The predicted octanol–water partition coefficient (Wildman–Crippen LogP) is 2.33. The van der Waals surface area contributed by atoms with E-state index in [0.717, 1.165) is 18.0 Å². The van der Waals surface area contributed by atoms with Crippen LogP contribution in [0.4, 0.5) is 0 Å². The van der Waals surface area contributed by atoms with Crippen LogP contribution in [0.2, 0.25) is 0 Å². The van der Waals surface area contributed by atoms with Crippen LogP contribution in [0.25, 0.3) is 0 Å². The molecular formula is C12H23NO. The Balaban J connectivity index is 1.70. The first-order chi connectivity index (χ1) is 6.83. The van der Waals surface area contributed by atoms with Gasteiger partial charge in [0.2, 0.25) is 0 Å². The Morgan fingerprint density at radius 3 is 2.71 bits per heavy atom. The zero-order chi connectivity index (χ0) is 9.97. The van der Waals surface area contributed by atoms with Crippen LogP contribution in [-0.2, 0) is 4.74 Å². The summed E-state index contributed by atoms with van der Waals surface area (Å²) in [5, 5.41) is 3.80. The molecular weight excluding hydrogens is 174 g/mol. The van der Waals surface area contributed by atoms with Gasteiger partial charge in [0, 0.05) is 19.2 Å². The Morgan fingerprint density at radius 2 is 2.07 bits per heavy atom. The summed E-state index contributed by atoms with van der Waals surface area (Å²) in [6, 6.07) is 1.56. The molecule has 2 saturated carbocycles. The highest BCUT2D eigenvalue weighted by molar-refractivity contribution is 4.91. The summed E-state index contributed by atoms with van der Waals surface area (Å²) in [6.07, 6.45) is 8.59. The van der Waals surface area contributed by atoms with Crippen LogP contribution in [-0.4, -0.2) is 25.3 Å². The van der Waals surface area contributed by atoms with E-state index in [1.54, 1.807) is 0 Å². The predicted molar refractivity (Wildman–Crippen MR) is 58.4 cm³/mol. The second-order valence-corrected chi connectivity index (χ2v) is 4.90. The summed E-state index contributed by atoms with van der Waals surface area (Å²) in [4.78, 5) is 0. The SMILES string of the molecule is CCC1CCCC1NC1CC(OC)C1. The van der Waals surface area contributed by atoms with Crippen LogP contribution in [0.15, 0.2) is 0 Å². The molecule has 82 valence electrons. The quantitative estimate of drug-likeness (QED) is 0.747. The fourth-order valence-corrected chi connectivity index (χ4v) is 2.94. The molecule has 14 heavy (non-hydrogen) atoms. The highest BCUT2D eigenvalue weighted by Gasteiger charge is 2.33. The molecule has 2 aliphatic rings. The largest absolute Gasteiger partial charge is 0.381 e. The monoisotopic (exact) mass is 197 g/mol. The van der Waals surface area contributed by atoms with Gasteiger partial charge >= 0.3 is 0 Å². The minimum absolute atomic E-state index is 0.536. The van der Waals surface area contributed by atoms with Gasteiger partial charge in [0.1, 0.15) is 0 Å². The zero-order valence-corrected chi connectivity index (χ0v) is 9.46. The number of hydrogen-bond acceptors (Lipinski definition) is 2. The molecule has 0 spiro atoms. The van der Waals surface area contributed by atoms with Crippen molar-refractivity contribution in [3.8, 4) is 0 Å². The van der Waals surface area contributed by atoms with Crippen LogP contribution in [0.5, 0.6) is 0 Å². The second-order valence-electron chi connectivity index (χ2n) is 4.90. The number of rotatable bonds is 4. The normalized spacial score (nSPS) is 42.4. The maximum absolute atomic E-state index is 5.29. The van der Waals surface area contributed by atoms with Crippen molar-refractivity contribution >= 4 is 0 Å². The van der Waals surface area contributed by atoms with Crippen molar-refractivity contribution in [3.05, 3.63) is 0 Å². The smallest absolute Gasteiger partial charge is 0.0601 e. The minimum Gasteiger partial charge on any atom is -0.381 e. The van der Waals surface area contributed by atoms with Crippen molar-refractivity contribution < 1.29 is 4.74 Å². The molecule has 0 saturated heterocycles. The topological polar surface area (TPSA) is 21.3 Å². The van der Waals surface area contributed by atoms with Crippen LogP contribution >= 0.6 is 0 Å². The molecule has 0 bridgehead atoms. The van der Waals surface area contributed by atoms with Gasteiger partial charge < -0.3 is 10.1 Å². The molecule has 0 aromatic carbocycles. The zero-order valence-electron chi connectivity index (χ0n) is 9.46. The number of nitrogens with one attached hydrogen (secondary N) is 1. The molecule has 2 unspecified atom stereocenters. The van der Waals surface area contributed by atoms with Crippen molar-refractivity contribution in [2.75, 3.05) is 7.11 Å². The first-order valence-corrected chi connectivity index (χ1v) is 6.12. The molecule has 0 amide bonds. The van der Waals surface area contributed by atoms with E-state index < -0.39 is 0 Å². The van der Waals surface area contributed by atoms with Gasteiger partial charge in [-0.1, -0.05) is 19.8 Å². The van der Waals surface area contributed by atoms with E-state index in [9.17, 15) is 0 Å². The molecule has 0 aromatic heterocycles. The van der Waals surface area contributed by atoms with E-state index in [4.69, 9.17) is 4.74 Å². The lowest BCUT2D eigenvalue weighted by Gasteiger charge is -2.38. The number of ether oxygens (including phenoxy) is 1. The van der Waals surface area contributed by atoms with Gasteiger partial charge in [-0.25, -0.2) is 0 Å². The molecule has 2 aliphatic carbocycles. The van der Waals surface area contributed by atoms with Crippen LogP contribution in [0, 0.1) is 5.92 Å². The highest BCUT2D eigenvalue weighted by atomic mass is 16.5. The molecule has 2 nitrogen and oxygen atoms in total. The van der Waals surface area contributed by atoms with Crippen molar-refractivity contribution in [1.82, 2.24) is 5.32 Å². The number of methoxy groups -OCH3 is 1. The lowest BCUT2D eigenvalue weighted by molar-refractivity contribution is 0.0127. The first kappa shape index (κ1) is 10.4. The fourth-order valence-electron chi connectivity index (χ4n) is 2.94. The van der Waals surface area contributed by atoms with E-state index >= 15 is 0 Å². The van der Waals surface area contributed by atoms with Gasteiger partial charge in [0.05, 0.1) is 6.10 Å². The summed E-state index contributed by atoms with van der Waals surface area (Å²) < 4.78 is 5.29. The standard InChI is InChI=1S/C12H23NO/c1-3-9-5-4-6-12(9)13-10-7-11(8-10)14-2/h9-13H,3-8H2,1-2H3. The van der Waals surface area contributed by atoms with Gasteiger partial charge in [-0.05, 0) is 31.6 Å². The third-order valence-corrected chi connectivity index (χ3v) is 4.06. The Bertz CT molecular complexity index is 177. The maximum atomic E-state index is 5.29. The second kappa shape index (κ2) is 4.63. The molecule has 2 fully saturated rings. The fraction of sp³-hybridized carbons (Fsp3) is 1.00. The highest BCUT2D eigenvalue weighted by Crippen LogP contribution is 2.31. The van der Waals surface area contributed by atoms with Gasteiger partial charge in [-0.3, -0.25) is 0 Å². The van der Waals surface area contributed by atoms with Crippen molar-refractivity contribution in [2.45, 2.75) is 63.6 Å². The third kappa shape index (κ3) is 2.12. The molecule has 1 N–H and O–H groups in total. The van der Waals surface area contributed by atoms with E-state index in [-0.39, 0.29) is 0 Å². The van der Waals surface area contributed by atoms with Gasteiger partial charge in [-0.2, -0.15) is 0 Å². The Hall–Kier alpha value is -0.0800. The van der Waals surface area contributed by atoms with Gasteiger partial charge in [0.25, 0.3) is 0 Å². The van der Waals surface area contributed by atoms with E-state index in [2.05, 4.69) is 12.2 Å². The lowest BCUT2D eigenvalue weighted by Crippen LogP contribution is -2.50. The summed E-state index contributed by atoms with van der Waals surface area (Å²) in [5.74, 6) is 0.941. The molecule has 0 radical (unpaired) electrons. The molecule has 0 aromatic rings. The molecule has 0 heterocycles. The summed E-state index contributed by atoms with van der Waals surface area (Å²) in [5.41, 5.74) is 0. The Morgan fingerprint density at radius 1 is 1.29 bits per heavy atom. The average molecular weight is 197 g/mol. The lowest BCUT2D eigenvalue weighted by atomic mass is 9.87. The average Bonchev–Trinajstić information content (AvgIpc) is 2.57. The van der Waals surface area contributed by atoms with Crippen molar-refractivity contribution in [2.24, 2.45) is 5.92 Å². The summed E-state index contributed by atoms with van der Waals surface area (Å²) in [6.45, 7) is 2.32. The molecule has 2 rings (SSSR count). The summed E-state index contributed by atoms with van der Waals surface area (Å²) in [7, 11) is 1.82. The van der Waals surface area contributed by atoms with E-state index in [1.165, 1.54) is 38.5 Å². The van der Waals surface area contributed by atoms with Crippen LogP contribution in [0.1, 0.15) is 45.4 Å². The van der Waals surface area contributed by atoms with Crippen LogP contribution < -0.4 is 5.32 Å². The van der Waals surface area contributed by atoms with Gasteiger partial charge in [-0.15, -0.1) is 0 Å². The van der Waals surface area contributed by atoms with Gasteiger partial charge in [0.15, 0.2) is 0 Å². The maximum Gasteiger partial charge on any atom is 0.0601 e. The van der Waals surface area contributed by atoms with E-state index in [1.807, 2.05) is 7.11 Å².